The molecule has 124 valence electrons. The van der Waals surface area contributed by atoms with Crippen molar-refractivity contribution in [2.24, 2.45) is 5.10 Å². The molecule has 0 amide bonds. The molecule has 3 aromatic rings. The van der Waals surface area contributed by atoms with Crippen LogP contribution in [0.5, 0.6) is 5.75 Å². The van der Waals surface area contributed by atoms with E-state index < -0.39 is 6.61 Å². The van der Waals surface area contributed by atoms with E-state index in [-0.39, 0.29) is 11.3 Å². The van der Waals surface area contributed by atoms with Gasteiger partial charge in [0, 0.05) is 10.4 Å². The van der Waals surface area contributed by atoms with Crippen LogP contribution in [0.2, 0.25) is 0 Å². The first-order valence-corrected chi connectivity index (χ1v) is 7.84. The molecule has 3 rings (SSSR count). The number of para-hydroxylation sites is 1. The van der Waals surface area contributed by atoms with Gasteiger partial charge in [-0.05, 0) is 31.5 Å². The lowest BCUT2D eigenvalue weighted by Crippen LogP contribution is -2.17. The molecule has 0 aliphatic carbocycles. The average molecular weight is 349 g/mol. The van der Waals surface area contributed by atoms with Crippen molar-refractivity contribution in [2.45, 2.75) is 20.5 Å². The number of thiophene rings is 1. The number of rotatable bonds is 4. The van der Waals surface area contributed by atoms with Gasteiger partial charge in [0.05, 0.1) is 11.6 Å². The molecule has 0 fully saturated rings. The Labute approximate surface area is 139 Å². The molecular formula is C16H13F2N3O2S. The van der Waals surface area contributed by atoms with E-state index in [1.54, 1.807) is 18.2 Å². The molecule has 0 radical (unpaired) electrons. The molecule has 24 heavy (non-hydrogen) atoms. The molecule has 0 saturated carbocycles. The van der Waals surface area contributed by atoms with Crippen molar-refractivity contribution in [3.63, 3.8) is 0 Å². The summed E-state index contributed by atoms with van der Waals surface area (Å²) in [6, 6.07) is 6.21. The first kappa shape index (κ1) is 16.3. The SMILES string of the molecule is Cc1sc2ncn(/N=C/c3ccccc3OC(F)F)c(=O)c2c1C. The zero-order valence-electron chi connectivity index (χ0n) is 12.9. The zero-order valence-corrected chi connectivity index (χ0v) is 13.7. The van der Waals surface area contributed by atoms with Crippen LogP contribution in [0.25, 0.3) is 10.2 Å². The molecule has 5 nitrogen and oxygen atoms in total. The molecule has 0 N–H and O–H groups in total. The van der Waals surface area contributed by atoms with Crippen molar-refractivity contribution < 1.29 is 13.5 Å². The first-order chi connectivity index (χ1) is 11.5. The monoisotopic (exact) mass is 349 g/mol. The number of hydrogen-bond donors (Lipinski definition) is 0. The van der Waals surface area contributed by atoms with Gasteiger partial charge < -0.3 is 4.74 Å². The molecule has 0 atom stereocenters. The van der Waals surface area contributed by atoms with Crippen LogP contribution in [-0.2, 0) is 0 Å². The third kappa shape index (κ3) is 3.05. The fourth-order valence-corrected chi connectivity index (χ4v) is 3.21. The standard InChI is InChI=1S/C16H13F2N3O2S/c1-9-10(2)24-14-13(9)15(22)21(8-19-14)20-7-11-5-3-4-6-12(11)23-16(17)18/h3-8,16H,1-2H3/b20-7+. The highest BCUT2D eigenvalue weighted by molar-refractivity contribution is 7.18. The molecular weight excluding hydrogens is 336 g/mol. The van der Waals surface area contributed by atoms with Gasteiger partial charge in [0.25, 0.3) is 5.56 Å². The van der Waals surface area contributed by atoms with Crippen LogP contribution in [0, 0.1) is 13.8 Å². The van der Waals surface area contributed by atoms with E-state index in [1.807, 2.05) is 13.8 Å². The number of aryl methyl sites for hydroxylation is 2. The summed E-state index contributed by atoms with van der Waals surface area (Å²) >= 11 is 1.45. The van der Waals surface area contributed by atoms with Gasteiger partial charge in [0.1, 0.15) is 16.9 Å². The maximum atomic E-state index is 12.5. The summed E-state index contributed by atoms with van der Waals surface area (Å²) in [5.74, 6) is -0.0131. The average Bonchev–Trinajstić information content (AvgIpc) is 2.83. The number of hydrogen-bond acceptors (Lipinski definition) is 5. The second kappa shape index (κ2) is 6.48. The Morgan fingerprint density at radius 3 is 2.83 bits per heavy atom. The Hall–Kier alpha value is -2.61. The lowest BCUT2D eigenvalue weighted by molar-refractivity contribution is -0.0499. The predicted octanol–water partition coefficient (Wildman–Crippen LogP) is 3.56. The van der Waals surface area contributed by atoms with Crippen molar-refractivity contribution in [1.29, 1.82) is 0 Å². The summed E-state index contributed by atoms with van der Waals surface area (Å²) in [5, 5.41) is 4.56. The molecule has 0 unspecified atom stereocenters. The summed E-state index contributed by atoms with van der Waals surface area (Å²) in [7, 11) is 0. The van der Waals surface area contributed by atoms with Gasteiger partial charge >= 0.3 is 6.61 Å². The highest BCUT2D eigenvalue weighted by Gasteiger charge is 2.12. The minimum absolute atomic E-state index is 0.0131. The van der Waals surface area contributed by atoms with E-state index in [9.17, 15) is 13.6 Å². The second-order valence-corrected chi connectivity index (χ2v) is 6.22. The lowest BCUT2D eigenvalue weighted by Gasteiger charge is -2.07. The van der Waals surface area contributed by atoms with E-state index >= 15 is 0 Å². The third-order valence-electron chi connectivity index (χ3n) is 3.53. The summed E-state index contributed by atoms with van der Waals surface area (Å²) in [6.07, 6.45) is 2.61. The van der Waals surface area contributed by atoms with Gasteiger partial charge in [-0.15, -0.1) is 11.3 Å². The van der Waals surface area contributed by atoms with Gasteiger partial charge in [0.15, 0.2) is 0 Å². The van der Waals surface area contributed by atoms with Gasteiger partial charge in [0.2, 0.25) is 0 Å². The number of halogens is 2. The fourth-order valence-electron chi connectivity index (χ4n) is 2.22. The second-order valence-electron chi connectivity index (χ2n) is 5.02. The number of benzene rings is 1. The summed E-state index contributed by atoms with van der Waals surface area (Å²) < 4.78 is 30.4. The molecule has 0 aliphatic heterocycles. The minimum atomic E-state index is -2.93. The topological polar surface area (TPSA) is 56.5 Å². The third-order valence-corrected chi connectivity index (χ3v) is 4.64. The van der Waals surface area contributed by atoms with Gasteiger partial charge in [-0.2, -0.15) is 18.6 Å². The van der Waals surface area contributed by atoms with Gasteiger partial charge in [-0.3, -0.25) is 4.79 Å². The number of ether oxygens (including phenoxy) is 1. The van der Waals surface area contributed by atoms with E-state index in [0.29, 0.717) is 15.8 Å². The Bertz CT molecular complexity index is 979. The van der Waals surface area contributed by atoms with Crippen LogP contribution in [0.1, 0.15) is 16.0 Å². The Balaban J connectivity index is 2.02. The van der Waals surface area contributed by atoms with Crippen LogP contribution in [0.15, 0.2) is 40.5 Å². The molecule has 8 heteroatoms. The fraction of sp³-hybridized carbons (Fsp3) is 0.188. The normalized spacial score (nSPS) is 11.7. The van der Waals surface area contributed by atoms with Gasteiger partial charge in [-0.25, -0.2) is 4.98 Å². The maximum Gasteiger partial charge on any atom is 0.387 e. The van der Waals surface area contributed by atoms with E-state index in [1.165, 1.54) is 29.9 Å². The van der Waals surface area contributed by atoms with E-state index in [4.69, 9.17) is 0 Å². The quantitative estimate of drug-likeness (QED) is 0.677. The zero-order chi connectivity index (χ0) is 17.3. The lowest BCUT2D eigenvalue weighted by atomic mass is 10.2. The number of fused-ring (bicyclic) bond motifs is 1. The van der Waals surface area contributed by atoms with Crippen molar-refractivity contribution >= 4 is 27.8 Å². The molecule has 0 aliphatic rings. The molecule has 2 heterocycles. The maximum absolute atomic E-state index is 12.5. The Kier molecular flexibility index (Phi) is 4.39. The number of nitrogens with zero attached hydrogens (tertiary/aromatic N) is 3. The minimum Gasteiger partial charge on any atom is -0.434 e. The van der Waals surface area contributed by atoms with E-state index in [2.05, 4.69) is 14.8 Å². The number of aromatic nitrogens is 2. The molecule has 0 spiro atoms. The van der Waals surface area contributed by atoms with Crippen LogP contribution in [0.3, 0.4) is 0 Å². The molecule has 1 aromatic carbocycles. The van der Waals surface area contributed by atoms with Crippen molar-refractivity contribution in [1.82, 2.24) is 9.66 Å². The van der Waals surface area contributed by atoms with Crippen LogP contribution >= 0.6 is 11.3 Å². The van der Waals surface area contributed by atoms with Crippen molar-refractivity contribution in [2.75, 3.05) is 0 Å². The number of alkyl halides is 2. The smallest absolute Gasteiger partial charge is 0.387 e. The highest BCUT2D eigenvalue weighted by Crippen LogP contribution is 2.25. The molecule has 2 aromatic heterocycles. The van der Waals surface area contributed by atoms with Crippen LogP contribution in [-0.4, -0.2) is 22.5 Å². The highest BCUT2D eigenvalue weighted by atomic mass is 32.1. The molecule has 0 bridgehead atoms. The van der Waals surface area contributed by atoms with Crippen LogP contribution < -0.4 is 10.3 Å². The van der Waals surface area contributed by atoms with Gasteiger partial charge in [-0.1, -0.05) is 12.1 Å². The Morgan fingerprint density at radius 1 is 1.33 bits per heavy atom. The van der Waals surface area contributed by atoms with E-state index in [0.717, 1.165) is 15.1 Å². The summed E-state index contributed by atoms with van der Waals surface area (Å²) in [4.78, 5) is 18.4. The van der Waals surface area contributed by atoms with Crippen molar-refractivity contribution in [3.8, 4) is 5.75 Å². The largest absolute Gasteiger partial charge is 0.434 e. The predicted molar refractivity (Wildman–Crippen MR) is 89.4 cm³/mol. The van der Waals surface area contributed by atoms with Crippen LogP contribution in [0.4, 0.5) is 8.78 Å². The first-order valence-electron chi connectivity index (χ1n) is 7.03. The molecule has 0 saturated heterocycles. The van der Waals surface area contributed by atoms with Crippen molar-refractivity contribution in [3.05, 3.63) is 57.0 Å². The summed E-state index contributed by atoms with van der Waals surface area (Å²) in [5.41, 5.74) is 0.909. The Morgan fingerprint density at radius 2 is 2.08 bits per heavy atom. The summed E-state index contributed by atoms with van der Waals surface area (Å²) in [6.45, 7) is 0.848.